The number of benzene rings is 4. The summed E-state index contributed by atoms with van der Waals surface area (Å²) in [5, 5.41) is 23.2. The van der Waals surface area contributed by atoms with E-state index in [0.29, 0.717) is 57.9 Å². The molecule has 4 heterocycles. The van der Waals surface area contributed by atoms with Gasteiger partial charge in [0.25, 0.3) is 5.91 Å². The number of amides is 3. The molecule has 0 unspecified atom stereocenters. The molecule has 2 aromatic heterocycles. The van der Waals surface area contributed by atoms with Crippen LogP contribution in [0.25, 0.3) is 27.9 Å². The van der Waals surface area contributed by atoms with Crippen molar-refractivity contribution in [3.05, 3.63) is 137 Å². The van der Waals surface area contributed by atoms with Gasteiger partial charge in [-0.25, -0.2) is 13.9 Å². The number of anilines is 2. The van der Waals surface area contributed by atoms with Gasteiger partial charge in [0.15, 0.2) is 0 Å². The van der Waals surface area contributed by atoms with Crippen molar-refractivity contribution in [1.29, 1.82) is 0 Å². The van der Waals surface area contributed by atoms with E-state index in [1.54, 1.807) is 42.6 Å². The van der Waals surface area contributed by atoms with Crippen molar-refractivity contribution in [3.63, 3.8) is 0 Å². The van der Waals surface area contributed by atoms with Crippen LogP contribution in [0.1, 0.15) is 78.1 Å². The molecule has 296 valence electrons. The summed E-state index contributed by atoms with van der Waals surface area (Å²) in [6.07, 6.45) is 6.36. The largest absolute Gasteiger partial charge is 0.386 e. The molecular formula is C46H46FN7O4. The lowest BCUT2D eigenvalue weighted by Gasteiger charge is -2.32. The number of hydrogen-bond donors (Lipinski definition) is 4. The number of aliphatic hydroxyl groups is 1. The van der Waals surface area contributed by atoms with Crippen molar-refractivity contribution in [1.82, 2.24) is 24.8 Å². The fourth-order valence-electron chi connectivity index (χ4n) is 7.94. The molecule has 8 rings (SSSR count). The van der Waals surface area contributed by atoms with Crippen LogP contribution in [0.4, 0.5) is 15.8 Å². The predicted octanol–water partition coefficient (Wildman–Crippen LogP) is 7.59. The molecule has 0 aliphatic carbocycles. The molecule has 2 aliphatic rings. The first-order chi connectivity index (χ1) is 27.9. The molecule has 0 bridgehead atoms. The Bertz CT molecular complexity index is 2480. The van der Waals surface area contributed by atoms with Crippen LogP contribution in [0, 0.1) is 12.7 Å². The van der Waals surface area contributed by atoms with Crippen LogP contribution >= 0.6 is 0 Å². The highest BCUT2D eigenvalue weighted by atomic mass is 19.1. The van der Waals surface area contributed by atoms with Gasteiger partial charge in [-0.05, 0) is 129 Å². The highest BCUT2D eigenvalue weighted by Crippen LogP contribution is 2.35. The molecule has 12 heteroatoms. The summed E-state index contributed by atoms with van der Waals surface area (Å²) in [5.74, 6) is -0.904. The van der Waals surface area contributed by atoms with Crippen LogP contribution in [0.2, 0.25) is 0 Å². The van der Waals surface area contributed by atoms with Crippen LogP contribution < -0.4 is 16.0 Å². The molecule has 4 N–H and O–H groups in total. The molecule has 1 atom stereocenters. The third-order valence-electron chi connectivity index (χ3n) is 11.4. The quantitative estimate of drug-likeness (QED) is 0.104. The fourth-order valence-corrected chi connectivity index (χ4v) is 7.94. The van der Waals surface area contributed by atoms with E-state index in [1.807, 2.05) is 31.3 Å². The van der Waals surface area contributed by atoms with Crippen LogP contribution in [0.15, 0.2) is 104 Å². The standard InChI is InChI=1S/C46H46FN7O4/c1-28-38(23-36(47)24-40(28)51-44(56)33-8-12-35(13-9-33)46(2,3)58)43-41-22-34(26-54(41)49-27-48-43)31-6-4-29(5-7-31)25-53-20-18-32(19-21-53)30-10-14-37(15-11-30)50-39-16-17-42(55)52-45(39)57/h4-15,22-24,26-27,32,39,50,58H,16-21,25H2,1-3H3,(H,51,56)(H,52,55,57)/t39-/m0/s1. The smallest absolute Gasteiger partial charge is 0.255 e. The minimum Gasteiger partial charge on any atom is -0.386 e. The van der Waals surface area contributed by atoms with Crippen LogP contribution in [0.3, 0.4) is 0 Å². The van der Waals surface area contributed by atoms with Crippen molar-refractivity contribution in [2.45, 2.75) is 70.6 Å². The summed E-state index contributed by atoms with van der Waals surface area (Å²) < 4.78 is 16.9. The molecule has 3 amide bonds. The number of rotatable bonds is 10. The Morgan fingerprint density at radius 2 is 1.66 bits per heavy atom. The van der Waals surface area contributed by atoms with Gasteiger partial charge >= 0.3 is 0 Å². The van der Waals surface area contributed by atoms with Gasteiger partial charge in [0.1, 0.15) is 18.2 Å². The van der Waals surface area contributed by atoms with Crippen molar-refractivity contribution in [2.75, 3.05) is 23.7 Å². The van der Waals surface area contributed by atoms with Crippen LogP contribution in [-0.4, -0.2) is 61.5 Å². The van der Waals surface area contributed by atoms with Gasteiger partial charge in [-0.2, -0.15) is 5.10 Å². The molecule has 11 nitrogen and oxygen atoms in total. The maximum atomic E-state index is 15.1. The predicted molar refractivity (Wildman–Crippen MR) is 222 cm³/mol. The van der Waals surface area contributed by atoms with Crippen molar-refractivity contribution >= 4 is 34.6 Å². The normalized spacial score (nSPS) is 16.7. The van der Waals surface area contributed by atoms with Crippen molar-refractivity contribution in [3.8, 4) is 22.4 Å². The topological polar surface area (TPSA) is 141 Å². The number of piperidine rings is 2. The summed E-state index contributed by atoms with van der Waals surface area (Å²) in [4.78, 5) is 43.8. The number of halogens is 1. The van der Waals surface area contributed by atoms with Crippen LogP contribution in [-0.2, 0) is 21.7 Å². The van der Waals surface area contributed by atoms with Gasteiger partial charge in [-0.15, -0.1) is 0 Å². The zero-order chi connectivity index (χ0) is 40.6. The Kier molecular flexibility index (Phi) is 10.6. The number of nitrogens with zero attached hydrogens (tertiary/aromatic N) is 4. The first-order valence-electron chi connectivity index (χ1n) is 19.7. The van der Waals surface area contributed by atoms with E-state index < -0.39 is 23.4 Å². The first-order valence-corrected chi connectivity index (χ1v) is 19.7. The second kappa shape index (κ2) is 16.0. The van der Waals surface area contributed by atoms with Gasteiger partial charge in [0, 0.05) is 47.2 Å². The maximum absolute atomic E-state index is 15.1. The summed E-state index contributed by atoms with van der Waals surface area (Å²) >= 11 is 0. The van der Waals surface area contributed by atoms with E-state index >= 15 is 4.39 Å². The lowest BCUT2D eigenvalue weighted by Crippen LogP contribution is -2.47. The Hall–Kier alpha value is -6.24. The summed E-state index contributed by atoms with van der Waals surface area (Å²) in [6, 6.07) is 27.9. The molecule has 0 saturated carbocycles. The van der Waals surface area contributed by atoms with E-state index in [4.69, 9.17) is 0 Å². The number of nitrogens with one attached hydrogen (secondary N) is 3. The molecule has 2 fully saturated rings. The number of likely N-dealkylation sites (tertiary alicyclic amines) is 1. The number of carbonyl (C=O) groups is 3. The van der Waals surface area contributed by atoms with Crippen molar-refractivity contribution in [2.24, 2.45) is 0 Å². The minimum absolute atomic E-state index is 0.215. The molecular weight excluding hydrogens is 734 g/mol. The fraction of sp³-hybridized carbons (Fsp3) is 0.283. The average molecular weight is 780 g/mol. The first kappa shape index (κ1) is 38.6. The summed E-state index contributed by atoms with van der Waals surface area (Å²) in [7, 11) is 0. The van der Waals surface area contributed by atoms with Gasteiger partial charge in [0.2, 0.25) is 11.8 Å². The Labute approximate surface area is 336 Å². The lowest BCUT2D eigenvalue weighted by molar-refractivity contribution is -0.133. The highest BCUT2D eigenvalue weighted by molar-refractivity contribution is 6.05. The summed E-state index contributed by atoms with van der Waals surface area (Å²) in [5.41, 5.74) is 8.21. The molecule has 0 radical (unpaired) electrons. The van der Waals surface area contributed by atoms with Gasteiger partial charge < -0.3 is 15.7 Å². The SMILES string of the molecule is Cc1c(NC(=O)c2ccc(C(C)(C)O)cc2)cc(F)cc1-c1ncnn2cc(-c3ccc(CN4CCC(c5ccc(N[C@H]6CCC(=O)NC6=O)cc5)CC4)cc3)cc12. The molecule has 58 heavy (non-hydrogen) atoms. The molecule has 2 aliphatic heterocycles. The number of carbonyl (C=O) groups excluding carboxylic acids is 3. The van der Waals surface area contributed by atoms with E-state index in [2.05, 4.69) is 67.3 Å². The Morgan fingerprint density at radius 3 is 2.34 bits per heavy atom. The van der Waals surface area contributed by atoms with E-state index in [0.717, 1.165) is 49.3 Å². The number of imide groups is 1. The third-order valence-corrected chi connectivity index (χ3v) is 11.4. The Morgan fingerprint density at radius 1 is 0.931 bits per heavy atom. The Balaban J connectivity index is 0.904. The second-order valence-corrected chi connectivity index (χ2v) is 15.9. The summed E-state index contributed by atoms with van der Waals surface area (Å²) in [6.45, 7) is 8.04. The zero-order valence-electron chi connectivity index (χ0n) is 32.8. The molecule has 6 aromatic rings. The molecule has 2 saturated heterocycles. The maximum Gasteiger partial charge on any atom is 0.255 e. The van der Waals surface area contributed by atoms with Crippen molar-refractivity contribution < 1.29 is 23.9 Å². The minimum atomic E-state index is -1.03. The molecule has 4 aromatic carbocycles. The highest BCUT2D eigenvalue weighted by Gasteiger charge is 2.27. The zero-order valence-corrected chi connectivity index (χ0v) is 32.8. The third kappa shape index (κ3) is 8.39. The lowest BCUT2D eigenvalue weighted by atomic mass is 9.89. The van der Waals surface area contributed by atoms with Gasteiger partial charge in [0.05, 0.1) is 16.8 Å². The van der Waals surface area contributed by atoms with Gasteiger partial charge in [-0.1, -0.05) is 48.5 Å². The average Bonchev–Trinajstić information content (AvgIpc) is 3.66. The monoisotopic (exact) mass is 779 g/mol. The number of aromatic nitrogens is 3. The van der Waals surface area contributed by atoms with Gasteiger partial charge in [-0.3, -0.25) is 24.6 Å². The molecule has 0 spiro atoms. The number of hydrogen-bond acceptors (Lipinski definition) is 8. The van der Waals surface area contributed by atoms with E-state index in [9.17, 15) is 19.5 Å². The van der Waals surface area contributed by atoms with E-state index in [1.165, 1.54) is 29.6 Å². The number of fused-ring (bicyclic) bond motifs is 1. The van der Waals surface area contributed by atoms with E-state index in [-0.39, 0.29) is 11.8 Å². The van der Waals surface area contributed by atoms with Crippen LogP contribution in [0.5, 0.6) is 0 Å². The second-order valence-electron chi connectivity index (χ2n) is 15.9.